The summed E-state index contributed by atoms with van der Waals surface area (Å²) in [6, 6.07) is 9.92. The van der Waals surface area contributed by atoms with Crippen molar-refractivity contribution >= 4 is 23.7 Å². The maximum absolute atomic E-state index is 11.9. The van der Waals surface area contributed by atoms with E-state index >= 15 is 0 Å². The molecule has 4 nitrogen and oxygen atoms in total. The third-order valence-electron chi connectivity index (χ3n) is 4.85. The van der Waals surface area contributed by atoms with E-state index in [2.05, 4.69) is 0 Å². The van der Waals surface area contributed by atoms with Crippen LogP contribution in [0.4, 0.5) is 0 Å². The average molecular weight is 290 g/mol. The Hall–Kier alpha value is -1.49. The Labute approximate surface area is 120 Å². The Balaban J connectivity index is 1.66. The molecule has 4 rings (SSSR count). The summed E-state index contributed by atoms with van der Waals surface area (Å²) in [5.41, 5.74) is 0. The van der Waals surface area contributed by atoms with E-state index in [1.807, 2.05) is 30.3 Å². The summed E-state index contributed by atoms with van der Waals surface area (Å²) in [6.07, 6.45) is 0.709. The second-order valence-electron chi connectivity index (χ2n) is 5.75. The zero-order chi connectivity index (χ0) is 13.9. The van der Waals surface area contributed by atoms with Crippen LogP contribution in [0.25, 0.3) is 0 Å². The number of ether oxygens (including phenoxy) is 1. The number of fused-ring (bicyclic) bond motifs is 1. The minimum Gasteiger partial charge on any atom is -0.481 e. The molecule has 1 aromatic rings. The van der Waals surface area contributed by atoms with E-state index in [1.165, 1.54) is 0 Å². The number of carboxylic acid groups (broad SMARTS) is 1. The third kappa shape index (κ3) is 1.56. The molecule has 1 saturated heterocycles. The fraction of sp³-hybridized carbons (Fsp3) is 0.467. The van der Waals surface area contributed by atoms with Crippen molar-refractivity contribution < 1.29 is 19.4 Å². The van der Waals surface area contributed by atoms with Gasteiger partial charge in [-0.25, -0.2) is 0 Å². The van der Waals surface area contributed by atoms with Crippen molar-refractivity contribution in [1.82, 2.24) is 0 Å². The smallest absolute Gasteiger partial charge is 0.310 e. The molecule has 2 saturated carbocycles. The van der Waals surface area contributed by atoms with Crippen LogP contribution in [-0.4, -0.2) is 28.4 Å². The quantitative estimate of drug-likeness (QED) is 0.863. The number of hydrogen-bond acceptors (Lipinski definition) is 4. The second kappa shape index (κ2) is 4.25. The minimum absolute atomic E-state index is 0.0455. The summed E-state index contributed by atoms with van der Waals surface area (Å²) in [7, 11) is 0. The maximum atomic E-state index is 11.9. The van der Waals surface area contributed by atoms with Crippen LogP contribution in [0.2, 0.25) is 0 Å². The number of esters is 1. The number of benzene rings is 1. The van der Waals surface area contributed by atoms with E-state index in [9.17, 15) is 14.7 Å². The van der Waals surface area contributed by atoms with Crippen molar-refractivity contribution in [3.8, 4) is 0 Å². The van der Waals surface area contributed by atoms with Gasteiger partial charge in [0.05, 0.1) is 17.1 Å². The van der Waals surface area contributed by atoms with Gasteiger partial charge in [-0.05, 0) is 24.5 Å². The molecule has 6 atom stereocenters. The molecular weight excluding hydrogens is 276 g/mol. The molecule has 0 spiro atoms. The molecule has 0 radical (unpaired) electrons. The summed E-state index contributed by atoms with van der Waals surface area (Å²) in [6.45, 7) is 0. The average Bonchev–Trinajstić information content (AvgIpc) is 3.03. The highest BCUT2D eigenvalue weighted by Gasteiger charge is 2.68. The molecule has 20 heavy (non-hydrogen) atoms. The monoisotopic (exact) mass is 290 g/mol. The van der Waals surface area contributed by atoms with E-state index in [0.29, 0.717) is 0 Å². The zero-order valence-corrected chi connectivity index (χ0v) is 11.5. The molecule has 3 aliphatic rings. The molecule has 1 aromatic carbocycles. The lowest BCUT2D eigenvalue weighted by Crippen LogP contribution is -2.39. The van der Waals surface area contributed by atoms with Crippen LogP contribution < -0.4 is 0 Å². The van der Waals surface area contributed by atoms with E-state index in [4.69, 9.17) is 4.74 Å². The first-order valence-corrected chi connectivity index (χ1v) is 7.70. The number of carboxylic acids is 1. The maximum Gasteiger partial charge on any atom is 0.310 e. The normalized spacial score (nSPS) is 40.9. The zero-order valence-electron chi connectivity index (χ0n) is 10.6. The molecule has 0 amide bonds. The fourth-order valence-electron chi connectivity index (χ4n) is 4.14. The van der Waals surface area contributed by atoms with Crippen LogP contribution >= 0.6 is 11.8 Å². The van der Waals surface area contributed by atoms with Crippen molar-refractivity contribution in [2.75, 3.05) is 0 Å². The van der Waals surface area contributed by atoms with Crippen molar-refractivity contribution in [3.05, 3.63) is 30.3 Å². The SMILES string of the molecule is O=C1O[C@@H]2[C@H]3C[C@H]([C@H]2Sc2ccccc2)[C@H](C(=O)O)[C@H]13. The van der Waals surface area contributed by atoms with E-state index in [1.54, 1.807) is 11.8 Å². The molecule has 2 bridgehead atoms. The largest absolute Gasteiger partial charge is 0.481 e. The second-order valence-corrected chi connectivity index (χ2v) is 7.00. The number of thioether (sulfide) groups is 1. The lowest BCUT2D eigenvalue weighted by atomic mass is 9.80. The molecule has 0 aromatic heterocycles. The minimum atomic E-state index is -0.849. The highest BCUT2D eigenvalue weighted by atomic mass is 32.2. The van der Waals surface area contributed by atoms with Crippen molar-refractivity contribution in [2.24, 2.45) is 23.7 Å². The Morgan fingerprint density at radius 2 is 2.00 bits per heavy atom. The number of carbonyl (C=O) groups is 2. The van der Waals surface area contributed by atoms with Crippen LogP contribution in [-0.2, 0) is 14.3 Å². The van der Waals surface area contributed by atoms with Gasteiger partial charge in [0.1, 0.15) is 6.10 Å². The van der Waals surface area contributed by atoms with Crippen LogP contribution in [0.1, 0.15) is 6.42 Å². The lowest BCUT2D eigenvalue weighted by Gasteiger charge is -2.29. The molecule has 1 aliphatic heterocycles. The summed E-state index contributed by atoms with van der Waals surface area (Å²) < 4.78 is 5.48. The van der Waals surface area contributed by atoms with Gasteiger partial charge < -0.3 is 9.84 Å². The van der Waals surface area contributed by atoms with Gasteiger partial charge in [0, 0.05) is 10.8 Å². The first-order valence-electron chi connectivity index (χ1n) is 6.82. The van der Waals surface area contributed by atoms with Crippen LogP contribution in [0.3, 0.4) is 0 Å². The molecule has 0 unspecified atom stereocenters. The van der Waals surface area contributed by atoms with Crippen LogP contribution in [0.15, 0.2) is 35.2 Å². The third-order valence-corrected chi connectivity index (χ3v) is 6.28. The predicted molar refractivity (Wildman–Crippen MR) is 72.2 cm³/mol. The van der Waals surface area contributed by atoms with Gasteiger partial charge in [0.2, 0.25) is 0 Å². The van der Waals surface area contributed by atoms with Crippen molar-refractivity contribution in [2.45, 2.75) is 22.7 Å². The highest BCUT2D eigenvalue weighted by molar-refractivity contribution is 8.00. The first kappa shape index (κ1) is 12.3. The fourth-order valence-corrected chi connectivity index (χ4v) is 5.62. The first-order chi connectivity index (χ1) is 9.66. The Morgan fingerprint density at radius 3 is 2.70 bits per heavy atom. The van der Waals surface area contributed by atoms with Crippen LogP contribution in [0.5, 0.6) is 0 Å². The summed E-state index contributed by atoms with van der Waals surface area (Å²) in [5.74, 6) is -1.97. The highest BCUT2D eigenvalue weighted by Crippen LogP contribution is 2.61. The number of carbonyl (C=O) groups excluding carboxylic acids is 1. The number of rotatable bonds is 3. The van der Waals surface area contributed by atoms with E-state index in [0.717, 1.165) is 11.3 Å². The molecule has 104 valence electrons. The summed E-state index contributed by atoms with van der Waals surface area (Å²) in [4.78, 5) is 24.5. The predicted octanol–water partition coefficient (Wildman–Crippen LogP) is 2.04. The van der Waals surface area contributed by atoms with Gasteiger partial charge in [-0.2, -0.15) is 0 Å². The molecule has 1 N–H and O–H groups in total. The Bertz CT molecular complexity index is 572. The van der Waals surface area contributed by atoms with Gasteiger partial charge in [-0.3, -0.25) is 9.59 Å². The lowest BCUT2D eigenvalue weighted by molar-refractivity contribution is -0.151. The molecule has 2 aliphatic carbocycles. The van der Waals surface area contributed by atoms with E-state index in [-0.39, 0.29) is 29.2 Å². The molecule has 5 heteroatoms. The number of hydrogen-bond donors (Lipinski definition) is 1. The standard InChI is InChI=1S/C15H14O4S/c16-14(17)10-9-6-8-11(10)15(18)19-12(8)13(9)20-7-4-2-1-3-5-7/h1-5,8-13H,6H2,(H,16,17)/t8-,9-,10-,11+,12+,13+/m0/s1. The number of aliphatic carboxylic acids is 1. The van der Waals surface area contributed by atoms with E-state index < -0.39 is 17.8 Å². The molecule has 1 heterocycles. The van der Waals surface area contributed by atoms with Gasteiger partial charge >= 0.3 is 11.9 Å². The molecular formula is C15H14O4S. The Kier molecular flexibility index (Phi) is 2.61. The van der Waals surface area contributed by atoms with Gasteiger partial charge in [0.15, 0.2) is 0 Å². The summed E-state index contributed by atoms with van der Waals surface area (Å²) in [5, 5.41) is 9.52. The van der Waals surface area contributed by atoms with Crippen LogP contribution in [0, 0.1) is 23.7 Å². The van der Waals surface area contributed by atoms with Gasteiger partial charge in [-0.15, -0.1) is 11.8 Å². The van der Waals surface area contributed by atoms with Crippen molar-refractivity contribution in [3.63, 3.8) is 0 Å². The van der Waals surface area contributed by atoms with Gasteiger partial charge in [0.25, 0.3) is 0 Å². The molecule has 3 fully saturated rings. The summed E-state index contributed by atoms with van der Waals surface area (Å²) >= 11 is 1.66. The topological polar surface area (TPSA) is 63.6 Å². The van der Waals surface area contributed by atoms with Crippen molar-refractivity contribution in [1.29, 1.82) is 0 Å². The van der Waals surface area contributed by atoms with Gasteiger partial charge in [-0.1, -0.05) is 18.2 Å². The Morgan fingerprint density at radius 1 is 1.25 bits per heavy atom.